The normalized spacial score (nSPS) is 11.9. The summed E-state index contributed by atoms with van der Waals surface area (Å²) in [6.45, 7) is 1.74. The maximum Gasteiger partial charge on any atom is 0.354 e. The fourth-order valence-corrected chi connectivity index (χ4v) is 3.84. The van der Waals surface area contributed by atoms with Crippen LogP contribution in [-0.4, -0.2) is 37.8 Å². The van der Waals surface area contributed by atoms with E-state index in [9.17, 15) is 9.59 Å². The van der Waals surface area contributed by atoms with Gasteiger partial charge in [-0.2, -0.15) is 0 Å². The van der Waals surface area contributed by atoms with Gasteiger partial charge in [-0.25, -0.2) is 4.79 Å². The molecule has 0 bridgehead atoms. The molecule has 27 heavy (non-hydrogen) atoms. The summed E-state index contributed by atoms with van der Waals surface area (Å²) in [4.78, 5) is 25.8. The van der Waals surface area contributed by atoms with E-state index >= 15 is 0 Å². The summed E-state index contributed by atoms with van der Waals surface area (Å²) in [5.41, 5.74) is 0.910. The fraction of sp³-hybridized carbons (Fsp3) is 0.263. The predicted octanol–water partition coefficient (Wildman–Crippen LogP) is 3.71. The molecule has 7 nitrogen and oxygen atoms in total. The van der Waals surface area contributed by atoms with Crippen molar-refractivity contribution in [3.05, 3.63) is 41.4 Å². The van der Waals surface area contributed by atoms with Gasteiger partial charge in [-0.15, -0.1) is 11.3 Å². The SMILES string of the molecule is COC(=O)c1cc2ccsc2n1[C@@H](C)C(=O)Nc1ccc(OC)c(OC)c1. The van der Waals surface area contributed by atoms with Crippen LogP contribution in [0.4, 0.5) is 5.69 Å². The molecule has 0 aliphatic heterocycles. The molecule has 8 heteroatoms. The molecule has 142 valence electrons. The minimum atomic E-state index is -0.622. The van der Waals surface area contributed by atoms with Crippen molar-refractivity contribution in [2.24, 2.45) is 0 Å². The van der Waals surface area contributed by atoms with Gasteiger partial charge in [0.2, 0.25) is 5.91 Å². The molecule has 2 heterocycles. The van der Waals surface area contributed by atoms with Gasteiger partial charge in [0, 0.05) is 17.1 Å². The summed E-state index contributed by atoms with van der Waals surface area (Å²) < 4.78 is 17.0. The van der Waals surface area contributed by atoms with E-state index < -0.39 is 12.0 Å². The Hall–Kier alpha value is -3.00. The van der Waals surface area contributed by atoms with Crippen LogP contribution in [0.3, 0.4) is 0 Å². The van der Waals surface area contributed by atoms with E-state index in [2.05, 4.69) is 5.32 Å². The van der Waals surface area contributed by atoms with Crippen LogP contribution in [0, 0.1) is 0 Å². The Labute approximate surface area is 160 Å². The number of benzene rings is 1. The molecule has 0 spiro atoms. The van der Waals surface area contributed by atoms with E-state index in [0.717, 1.165) is 10.2 Å². The van der Waals surface area contributed by atoms with Crippen molar-refractivity contribution in [3.63, 3.8) is 0 Å². The highest BCUT2D eigenvalue weighted by molar-refractivity contribution is 7.16. The van der Waals surface area contributed by atoms with Crippen LogP contribution >= 0.6 is 11.3 Å². The van der Waals surface area contributed by atoms with Crippen LogP contribution in [0.25, 0.3) is 10.2 Å². The summed E-state index contributed by atoms with van der Waals surface area (Å²) in [5, 5.41) is 5.67. The highest BCUT2D eigenvalue weighted by atomic mass is 32.1. The number of aromatic nitrogens is 1. The number of amides is 1. The van der Waals surface area contributed by atoms with E-state index in [4.69, 9.17) is 14.2 Å². The molecule has 2 aromatic heterocycles. The molecule has 0 radical (unpaired) electrons. The molecule has 1 aromatic carbocycles. The molecule has 0 fully saturated rings. The van der Waals surface area contributed by atoms with Crippen LogP contribution in [0.5, 0.6) is 11.5 Å². The number of nitrogens with zero attached hydrogens (tertiary/aromatic N) is 1. The van der Waals surface area contributed by atoms with E-state index in [-0.39, 0.29) is 5.91 Å². The first kappa shape index (κ1) is 18.8. The number of thiophene rings is 1. The van der Waals surface area contributed by atoms with Gasteiger partial charge in [-0.05, 0) is 36.6 Å². The number of hydrogen-bond acceptors (Lipinski definition) is 6. The lowest BCUT2D eigenvalue weighted by atomic mass is 10.2. The van der Waals surface area contributed by atoms with Gasteiger partial charge < -0.3 is 24.1 Å². The van der Waals surface area contributed by atoms with E-state index in [1.165, 1.54) is 25.6 Å². The van der Waals surface area contributed by atoms with Gasteiger partial charge >= 0.3 is 5.97 Å². The van der Waals surface area contributed by atoms with Gasteiger partial charge in [0.15, 0.2) is 11.5 Å². The van der Waals surface area contributed by atoms with Crippen LogP contribution in [-0.2, 0) is 9.53 Å². The van der Waals surface area contributed by atoms with Crippen molar-refractivity contribution in [2.75, 3.05) is 26.6 Å². The van der Waals surface area contributed by atoms with Crippen LogP contribution < -0.4 is 14.8 Å². The first-order valence-electron chi connectivity index (χ1n) is 8.19. The number of anilines is 1. The molecule has 1 amide bonds. The van der Waals surface area contributed by atoms with Gasteiger partial charge in [-0.3, -0.25) is 4.79 Å². The Bertz CT molecular complexity index is 991. The summed E-state index contributed by atoms with van der Waals surface area (Å²) in [6.07, 6.45) is 0. The van der Waals surface area contributed by atoms with Crippen molar-refractivity contribution in [2.45, 2.75) is 13.0 Å². The first-order valence-corrected chi connectivity index (χ1v) is 9.07. The number of methoxy groups -OCH3 is 3. The first-order chi connectivity index (χ1) is 13.0. The molecule has 1 atom stereocenters. The van der Waals surface area contributed by atoms with Crippen LogP contribution in [0.15, 0.2) is 35.7 Å². The highest BCUT2D eigenvalue weighted by Gasteiger charge is 2.25. The minimum Gasteiger partial charge on any atom is -0.493 e. The number of ether oxygens (including phenoxy) is 3. The second-order valence-corrected chi connectivity index (χ2v) is 6.70. The molecule has 0 saturated heterocycles. The zero-order chi connectivity index (χ0) is 19.6. The maximum atomic E-state index is 12.8. The van der Waals surface area contributed by atoms with Crippen molar-refractivity contribution in [1.82, 2.24) is 4.57 Å². The topological polar surface area (TPSA) is 78.8 Å². The Morgan fingerprint density at radius 3 is 2.48 bits per heavy atom. The zero-order valence-electron chi connectivity index (χ0n) is 15.4. The highest BCUT2D eigenvalue weighted by Crippen LogP contribution is 2.32. The summed E-state index contributed by atoms with van der Waals surface area (Å²) in [5.74, 6) is 0.337. The third-order valence-electron chi connectivity index (χ3n) is 4.26. The molecule has 0 saturated carbocycles. The van der Waals surface area contributed by atoms with Gasteiger partial charge in [0.25, 0.3) is 0 Å². The van der Waals surface area contributed by atoms with Crippen LogP contribution in [0.2, 0.25) is 0 Å². The lowest BCUT2D eigenvalue weighted by molar-refractivity contribution is -0.118. The molecule has 1 N–H and O–H groups in total. The Morgan fingerprint density at radius 2 is 1.81 bits per heavy atom. The van der Waals surface area contributed by atoms with Crippen molar-refractivity contribution in [3.8, 4) is 11.5 Å². The second-order valence-electron chi connectivity index (χ2n) is 5.81. The number of carbonyl (C=O) groups excluding carboxylic acids is 2. The average Bonchev–Trinajstić information content (AvgIpc) is 3.27. The van der Waals surface area contributed by atoms with E-state index in [1.54, 1.807) is 42.9 Å². The summed E-state index contributed by atoms with van der Waals surface area (Å²) in [6, 6.07) is 8.14. The largest absolute Gasteiger partial charge is 0.493 e. The van der Waals surface area contributed by atoms with Gasteiger partial charge in [0.1, 0.15) is 16.6 Å². The van der Waals surface area contributed by atoms with Gasteiger partial charge in [-0.1, -0.05) is 0 Å². The summed E-state index contributed by atoms with van der Waals surface area (Å²) in [7, 11) is 4.40. The van der Waals surface area contributed by atoms with Gasteiger partial charge in [0.05, 0.1) is 21.3 Å². The molecular weight excluding hydrogens is 368 g/mol. The average molecular weight is 388 g/mol. The monoisotopic (exact) mass is 388 g/mol. The number of nitrogens with one attached hydrogen (secondary N) is 1. The molecule has 0 unspecified atom stereocenters. The fourth-order valence-electron chi connectivity index (χ4n) is 2.87. The third-order valence-corrected chi connectivity index (χ3v) is 5.18. The number of carbonyl (C=O) groups is 2. The third kappa shape index (κ3) is 3.48. The second kappa shape index (κ2) is 7.71. The molecule has 3 rings (SSSR count). The van der Waals surface area contributed by atoms with Crippen molar-refractivity contribution >= 4 is 39.1 Å². The van der Waals surface area contributed by atoms with Crippen LogP contribution in [0.1, 0.15) is 23.5 Å². The zero-order valence-corrected chi connectivity index (χ0v) is 16.3. The number of esters is 1. The molecule has 0 aliphatic carbocycles. The summed E-state index contributed by atoms with van der Waals surface area (Å²) >= 11 is 1.46. The standard InChI is InChI=1S/C19H20N2O5S/c1-11(17(22)20-13-5-6-15(24-2)16(10-13)25-3)21-14(19(23)26-4)9-12-7-8-27-18(12)21/h5-11H,1-4H3,(H,20,22)/t11-/m0/s1. The van der Waals surface area contributed by atoms with Crippen molar-refractivity contribution < 1.29 is 23.8 Å². The quantitative estimate of drug-likeness (QED) is 0.652. The Balaban J connectivity index is 1.91. The number of hydrogen-bond donors (Lipinski definition) is 1. The molecule has 3 aromatic rings. The predicted molar refractivity (Wildman–Crippen MR) is 104 cm³/mol. The number of rotatable bonds is 6. The smallest absolute Gasteiger partial charge is 0.354 e. The maximum absolute atomic E-state index is 12.8. The Morgan fingerprint density at radius 1 is 1.07 bits per heavy atom. The lowest BCUT2D eigenvalue weighted by Crippen LogP contribution is -2.26. The minimum absolute atomic E-state index is 0.265. The molecule has 0 aliphatic rings. The molecular formula is C19H20N2O5S. The lowest BCUT2D eigenvalue weighted by Gasteiger charge is -2.18. The Kier molecular flexibility index (Phi) is 5.36. The van der Waals surface area contributed by atoms with Crippen molar-refractivity contribution in [1.29, 1.82) is 0 Å². The van der Waals surface area contributed by atoms with E-state index in [0.29, 0.717) is 22.9 Å². The number of fused-ring (bicyclic) bond motifs is 1. The van der Waals surface area contributed by atoms with E-state index in [1.807, 2.05) is 11.4 Å².